The Bertz CT molecular complexity index is 619. The highest BCUT2D eigenvalue weighted by molar-refractivity contribution is 7.15. The van der Waals surface area contributed by atoms with Gasteiger partial charge >= 0.3 is 0 Å². The summed E-state index contributed by atoms with van der Waals surface area (Å²) in [5.41, 5.74) is 0. The van der Waals surface area contributed by atoms with Crippen LogP contribution in [0.5, 0.6) is 0 Å². The van der Waals surface area contributed by atoms with Crippen molar-refractivity contribution in [3.63, 3.8) is 0 Å². The lowest BCUT2D eigenvalue weighted by atomic mass is 10.0. The number of piperidine rings is 1. The average molecular weight is 336 g/mol. The van der Waals surface area contributed by atoms with Gasteiger partial charge in [-0.05, 0) is 38.8 Å². The van der Waals surface area contributed by atoms with Crippen molar-refractivity contribution in [2.75, 3.05) is 31.7 Å². The molecule has 1 aliphatic heterocycles. The molecule has 0 saturated carbocycles. The van der Waals surface area contributed by atoms with E-state index in [2.05, 4.69) is 20.4 Å². The fraction of sp³-hybridized carbons (Fsp3) is 0.625. The average Bonchev–Trinajstić information content (AvgIpc) is 3.16. The summed E-state index contributed by atoms with van der Waals surface area (Å²) in [6, 6.07) is 4.60. The van der Waals surface area contributed by atoms with Gasteiger partial charge in [0.15, 0.2) is 0 Å². The molecule has 2 aromatic rings. The summed E-state index contributed by atoms with van der Waals surface area (Å²) in [6.07, 6.45) is 2.16. The number of nitrogens with one attached hydrogen (secondary N) is 1. The largest absolute Gasteiger partial charge is 0.465 e. The third-order valence-electron chi connectivity index (χ3n) is 4.16. The highest BCUT2D eigenvalue weighted by Gasteiger charge is 2.25. The molecule has 6 nitrogen and oxygen atoms in total. The highest BCUT2D eigenvalue weighted by atomic mass is 32.1. The first-order valence-electron chi connectivity index (χ1n) is 8.02. The van der Waals surface area contributed by atoms with Crippen LogP contribution >= 0.6 is 11.3 Å². The SMILES string of the molecule is COCC(NC1CCN(c2nnc(C)s2)CC1)c1ccc(C)o1. The van der Waals surface area contributed by atoms with Gasteiger partial charge in [-0.2, -0.15) is 0 Å². The molecule has 0 spiro atoms. The fourth-order valence-electron chi connectivity index (χ4n) is 2.96. The Kier molecular flexibility index (Phi) is 5.30. The van der Waals surface area contributed by atoms with Gasteiger partial charge in [-0.15, -0.1) is 10.2 Å². The quantitative estimate of drug-likeness (QED) is 0.875. The molecule has 0 bridgehead atoms. The summed E-state index contributed by atoms with van der Waals surface area (Å²) in [7, 11) is 1.73. The van der Waals surface area contributed by atoms with E-state index in [1.165, 1.54) is 0 Å². The third-order valence-corrected chi connectivity index (χ3v) is 5.06. The van der Waals surface area contributed by atoms with E-state index in [4.69, 9.17) is 9.15 Å². The van der Waals surface area contributed by atoms with E-state index in [0.29, 0.717) is 12.6 Å². The molecule has 0 radical (unpaired) electrons. The molecule has 1 N–H and O–H groups in total. The number of furan rings is 1. The van der Waals surface area contributed by atoms with Crippen LogP contribution in [0.1, 0.15) is 35.4 Å². The molecule has 1 fully saturated rings. The zero-order chi connectivity index (χ0) is 16.2. The van der Waals surface area contributed by atoms with Crippen LogP contribution in [0.25, 0.3) is 0 Å². The van der Waals surface area contributed by atoms with Crippen molar-refractivity contribution in [3.8, 4) is 0 Å². The van der Waals surface area contributed by atoms with E-state index >= 15 is 0 Å². The van der Waals surface area contributed by atoms with E-state index in [0.717, 1.165) is 47.6 Å². The predicted molar refractivity (Wildman–Crippen MR) is 91.1 cm³/mol. The number of hydrogen-bond acceptors (Lipinski definition) is 7. The first-order chi connectivity index (χ1) is 11.2. The number of nitrogens with zero attached hydrogens (tertiary/aromatic N) is 3. The van der Waals surface area contributed by atoms with Crippen LogP contribution in [0.15, 0.2) is 16.5 Å². The number of rotatable bonds is 6. The van der Waals surface area contributed by atoms with Crippen molar-refractivity contribution in [3.05, 3.63) is 28.7 Å². The maximum atomic E-state index is 5.76. The summed E-state index contributed by atoms with van der Waals surface area (Å²) in [5.74, 6) is 1.89. The Morgan fingerprint density at radius 2 is 2.13 bits per heavy atom. The Balaban J connectivity index is 1.56. The van der Waals surface area contributed by atoms with Crippen molar-refractivity contribution >= 4 is 16.5 Å². The van der Waals surface area contributed by atoms with Crippen molar-refractivity contribution in [2.45, 2.75) is 38.8 Å². The second-order valence-corrected chi connectivity index (χ2v) is 7.15. The van der Waals surface area contributed by atoms with Gasteiger partial charge in [0.05, 0.1) is 12.6 Å². The fourth-order valence-corrected chi connectivity index (χ4v) is 3.69. The van der Waals surface area contributed by atoms with Crippen LogP contribution in [-0.4, -0.2) is 43.0 Å². The van der Waals surface area contributed by atoms with Crippen molar-refractivity contribution in [1.29, 1.82) is 0 Å². The minimum absolute atomic E-state index is 0.106. The van der Waals surface area contributed by atoms with Gasteiger partial charge < -0.3 is 19.4 Å². The number of aryl methyl sites for hydroxylation is 2. The van der Waals surface area contributed by atoms with E-state index in [1.807, 2.05) is 26.0 Å². The number of hydrogen-bond donors (Lipinski definition) is 1. The first-order valence-corrected chi connectivity index (χ1v) is 8.83. The molecule has 0 aliphatic carbocycles. The molecular weight excluding hydrogens is 312 g/mol. The Hall–Kier alpha value is -1.44. The van der Waals surface area contributed by atoms with Gasteiger partial charge in [0.2, 0.25) is 5.13 Å². The molecule has 2 aromatic heterocycles. The summed E-state index contributed by atoms with van der Waals surface area (Å²) in [4.78, 5) is 2.32. The molecule has 3 rings (SSSR count). The van der Waals surface area contributed by atoms with E-state index < -0.39 is 0 Å². The van der Waals surface area contributed by atoms with Gasteiger partial charge in [-0.25, -0.2) is 0 Å². The topological polar surface area (TPSA) is 63.4 Å². The normalized spacial score (nSPS) is 17.6. The molecule has 0 aromatic carbocycles. The molecule has 1 atom stereocenters. The van der Waals surface area contributed by atoms with Crippen LogP contribution in [-0.2, 0) is 4.74 Å². The van der Waals surface area contributed by atoms with Crippen LogP contribution in [0.2, 0.25) is 0 Å². The number of aromatic nitrogens is 2. The minimum atomic E-state index is 0.106. The van der Waals surface area contributed by atoms with Crippen molar-refractivity contribution in [2.24, 2.45) is 0 Å². The monoisotopic (exact) mass is 336 g/mol. The van der Waals surface area contributed by atoms with Crippen LogP contribution in [0, 0.1) is 13.8 Å². The minimum Gasteiger partial charge on any atom is -0.465 e. The number of ether oxygens (including phenoxy) is 1. The third kappa shape index (κ3) is 4.10. The maximum absolute atomic E-state index is 5.76. The summed E-state index contributed by atoms with van der Waals surface area (Å²) in [6.45, 7) is 6.58. The lowest BCUT2D eigenvalue weighted by Gasteiger charge is -2.33. The second-order valence-electron chi connectivity index (χ2n) is 5.99. The molecule has 0 amide bonds. The van der Waals surface area contributed by atoms with Gasteiger partial charge in [-0.1, -0.05) is 11.3 Å². The lowest BCUT2D eigenvalue weighted by Crippen LogP contribution is -2.44. The van der Waals surface area contributed by atoms with E-state index in [-0.39, 0.29) is 6.04 Å². The lowest BCUT2D eigenvalue weighted by molar-refractivity contribution is 0.147. The molecule has 1 unspecified atom stereocenters. The number of anilines is 1. The summed E-state index contributed by atoms with van der Waals surface area (Å²) >= 11 is 1.67. The molecule has 1 saturated heterocycles. The van der Waals surface area contributed by atoms with Crippen LogP contribution in [0.4, 0.5) is 5.13 Å². The van der Waals surface area contributed by atoms with Crippen molar-refractivity contribution < 1.29 is 9.15 Å². The standard InChI is InChI=1S/C16H24N4O2S/c1-11-4-5-15(22-11)14(10-21-3)17-13-6-8-20(9-7-13)16-19-18-12(2)23-16/h4-5,13-14,17H,6-10H2,1-3H3. The molecule has 126 valence electrons. The molecule has 7 heteroatoms. The van der Waals surface area contributed by atoms with Gasteiger partial charge in [0, 0.05) is 26.2 Å². The Labute approximate surface area is 140 Å². The maximum Gasteiger partial charge on any atom is 0.208 e. The first kappa shape index (κ1) is 16.4. The Morgan fingerprint density at radius 1 is 1.35 bits per heavy atom. The molecule has 23 heavy (non-hydrogen) atoms. The zero-order valence-electron chi connectivity index (χ0n) is 13.9. The van der Waals surface area contributed by atoms with Gasteiger partial charge in [0.1, 0.15) is 16.5 Å². The number of methoxy groups -OCH3 is 1. The predicted octanol–water partition coefficient (Wildman–Crippen LogP) is 2.69. The van der Waals surface area contributed by atoms with Gasteiger partial charge in [0.25, 0.3) is 0 Å². The van der Waals surface area contributed by atoms with Crippen molar-refractivity contribution in [1.82, 2.24) is 15.5 Å². The summed E-state index contributed by atoms with van der Waals surface area (Å²) < 4.78 is 11.1. The Morgan fingerprint density at radius 3 is 2.70 bits per heavy atom. The van der Waals surface area contributed by atoms with Crippen LogP contribution < -0.4 is 10.2 Å². The van der Waals surface area contributed by atoms with E-state index in [1.54, 1.807) is 18.4 Å². The molecule has 3 heterocycles. The smallest absolute Gasteiger partial charge is 0.208 e. The second kappa shape index (κ2) is 7.42. The van der Waals surface area contributed by atoms with E-state index in [9.17, 15) is 0 Å². The highest BCUT2D eigenvalue weighted by Crippen LogP contribution is 2.25. The molecule has 1 aliphatic rings. The zero-order valence-corrected chi connectivity index (χ0v) is 14.7. The summed E-state index contributed by atoms with van der Waals surface area (Å²) in [5, 5.41) is 14.1. The van der Waals surface area contributed by atoms with Gasteiger partial charge in [-0.3, -0.25) is 0 Å². The molecular formula is C16H24N4O2S. The van der Waals surface area contributed by atoms with Crippen LogP contribution in [0.3, 0.4) is 0 Å².